The maximum absolute atomic E-state index is 13.7. The maximum Gasteiger partial charge on any atom is 0.433 e. The molecule has 0 saturated heterocycles. The summed E-state index contributed by atoms with van der Waals surface area (Å²) in [6, 6.07) is 21.8. The number of nitrogens with two attached hydrogens (primary N) is 1. The molecule has 0 aliphatic heterocycles. The molecule has 0 aliphatic rings. The van der Waals surface area contributed by atoms with Crippen LogP contribution >= 0.6 is 11.3 Å². The summed E-state index contributed by atoms with van der Waals surface area (Å²) in [6.45, 7) is 0.0123. The number of hydrogen-bond donors (Lipinski definition) is 2. The van der Waals surface area contributed by atoms with Gasteiger partial charge >= 0.3 is 6.18 Å². The van der Waals surface area contributed by atoms with Crippen LogP contribution in [0.1, 0.15) is 31.7 Å². The Hall–Kier alpha value is -5.23. The molecule has 2 amide bonds. The lowest BCUT2D eigenvalue weighted by atomic mass is 10.0. The fourth-order valence-electron chi connectivity index (χ4n) is 4.56. The van der Waals surface area contributed by atoms with Gasteiger partial charge in [0.05, 0.1) is 5.69 Å². The summed E-state index contributed by atoms with van der Waals surface area (Å²) in [5, 5.41) is 4.64. The SMILES string of the molecule is NC(=O)c1sc2nc(C(F)(F)F)cc(-c3ccc(F)cc3)c2c1NC(=O)c1ccc(COc2ccc3ccccc3c2)o1. The molecule has 12 heteroatoms. The molecule has 6 rings (SSSR count). The largest absolute Gasteiger partial charge is 0.486 e. The van der Waals surface area contributed by atoms with Crippen LogP contribution in [0.25, 0.3) is 32.1 Å². The van der Waals surface area contributed by atoms with Crippen LogP contribution in [0, 0.1) is 5.82 Å². The highest BCUT2D eigenvalue weighted by Gasteiger charge is 2.35. The molecular formula is C31H19F4N3O4S. The number of pyridine rings is 1. The minimum atomic E-state index is -4.82. The van der Waals surface area contributed by atoms with E-state index in [1.165, 1.54) is 24.3 Å². The molecule has 3 N–H and O–H groups in total. The van der Waals surface area contributed by atoms with Crippen LogP contribution in [0.4, 0.5) is 23.2 Å². The summed E-state index contributed by atoms with van der Waals surface area (Å²) in [6.07, 6.45) is -4.82. The number of ether oxygens (including phenoxy) is 1. The normalized spacial score (nSPS) is 11.6. The van der Waals surface area contributed by atoms with E-state index in [4.69, 9.17) is 14.9 Å². The standard InChI is InChI=1S/C31H19F4N3O4S/c32-19-8-5-17(6-9-19)22-14-24(31(33,34)35)37-30-25(22)26(27(43-30)28(36)39)38-29(40)23-12-11-21(42-23)15-41-20-10-7-16-3-1-2-4-18(16)13-20/h1-14H,15H2,(H2,36,39)(H,38,40). The zero-order valence-corrected chi connectivity index (χ0v) is 22.7. The van der Waals surface area contributed by atoms with Gasteiger partial charge in [-0.25, -0.2) is 9.37 Å². The van der Waals surface area contributed by atoms with Crippen molar-refractivity contribution in [3.63, 3.8) is 0 Å². The van der Waals surface area contributed by atoms with Crippen LogP contribution in [-0.2, 0) is 12.8 Å². The summed E-state index contributed by atoms with van der Waals surface area (Å²) in [4.78, 5) is 28.9. The number of carbonyl (C=O) groups is 2. The van der Waals surface area contributed by atoms with E-state index >= 15 is 0 Å². The minimum absolute atomic E-state index is 0.0123. The molecule has 216 valence electrons. The van der Waals surface area contributed by atoms with E-state index in [0.29, 0.717) is 22.8 Å². The first-order valence-electron chi connectivity index (χ1n) is 12.7. The van der Waals surface area contributed by atoms with E-state index < -0.39 is 29.5 Å². The van der Waals surface area contributed by atoms with Crippen LogP contribution in [0.2, 0.25) is 0 Å². The number of primary amides is 1. The third kappa shape index (κ3) is 5.64. The first kappa shape index (κ1) is 27.9. The molecule has 0 radical (unpaired) electrons. The Kier molecular flexibility index (Phi) is 7.06. The number of halogens is 4. The molecule has 3 heterocycles. The van der Waals surface area contributed by atoms with Gasteiger partial charge in [0.25, 0.3) is 11.8 Å². The Morgan fingerprint density at radius 2 is 1.70 bits per heavy atom. The molecule has 3 aromatic carbocycles. The molecule has 3 aromatic heterocycles. The number of carbonyl (C=O) groups excluding carboxylic acids is 2. The second-order valence-electron chi connectivity index (χ2n) is 9.43. The van der Waals surface area contributed by atoms with Gasteiger partial charge in [0.2, 0.25) is 0 Å². The quantitative estimate of drug-likeness (QED) is 0.181. The van der Waals surface area contributed by atoms with E-state index in [0.717, 1.165) is 29.0 Å². The van der Waals surface area contributed by atoms with Gasteiger partial charge in [-0.05, 0) is 64.4 Å². The molecule has 6 aromatic rings. The Bertz CT molecular complexity index is 2020. The van der Waals surface area contributed by atoms with Gasteiger partial charge in [0, 0.05) is 5.39 Å². The van der Waals surface area contributed by atoms with Crippen LogP contribution in [0.3, 0.4) is 0 Å². The van der Waals surface area contributed by atoms with Gasteiger partial charge in [-0.3, -0.25) is 9.59 Å². The van der Waals surface area contributed by atoms with E-state index in [1.54, 1.807) is 0 Å². The van der Waals surface area contributed by atoms with Crippen molar-refractivity contribution in [1.82, 2.24) is 4.98 Å². The highest BCUT2D eigenvalue weighted by Crippen LogP contribution is 2.44. The van der Waals surface area contributed by atoms with Crippen molar-refractivity contribution in [2.24, 2.45) is 5.73 Å². The number of nitrogens with zero attached hydrogens (tertiary/aromatic N) is 1. The smallest absolute Gasteiger partial charge is 0.433 e. The summed E-state index contributed by atoms with van der Waals surface area (Å²) < 4.78 is 66.2. The van der Waals surface area contributed by atoms with Crippen LogP contribution < -0.4 is 15.8 Å². The summed E-state index contributed by atoms with van der Waals surface area (Å²) in [5.41, 5.74) is 4.35. The number of nitrogens with one attached hydrogen (secondary N) is 1. The molecular weight excluding hydrogens is 586 g/mol. The first-order valence-corrected chi connectivity index (χ1v) is 13.5. The molecule has 0 unspecified atom stereocenters. The van der Waals surface area contributed by atoms with E-state index in [-0.39, 0.29) is 44.3 Å². The lowest BCUT2D eigenvalue weighted by Gasteiger charge is -2.12. The van der Waals surface area contributed by atoms with Crippen molar-refractivity contribution < 1.29 is 36.3 Å². The number of rotatable bonds is 7. The summed E-state index contributed by atoms with van der Waals surface area (Å²) >= 11 is 0.598. The molecule has 7 nitrogen and oxygen atoms in total. The van der Waals surface area contributed by atoms with Gasteiger partial charge < -0.3 is 20.2 Å². The number of thiophene rings is 1. The molecule has 0 atom stereocenters. The second-order valence-corrected chi connectivity index (χ2v) is 10.4. The average molecular weight is 606 g/mol. The van der Waals surface area contributed by atoms with Crippen molar-refractivity contribution in [1.29, 1.82) is 0 Å². The molecule has 0 spiro atoms. The fraction of sp³-hybridized carbons (Fsp3) is 0.0645. The number of hydrogen-bond acceptors (Lipinski definition) is 6. The zero-order chi connectivity index (χ0) is 30.3. The molecule has 0 aliphatic carbocycles. The second kappa shape index (κ2) is 10.9. The number of amides is 2. The topological polar surface area (TPSA) is 107 Å². The maximum atomic E-state index is 13.7. The van der Waals surface area contributed by atoms with Crippen molar-refractivity contribution >= 4 is 49.8 Å². The van der Waals surface area contributed by atoms with E-state index in [1.807, 2.05) is 42.5 Å². The lowest BCUT2D eigenvalue weighted by Crippen LogP contribution is -2.16. The highest BCUT2D eigenvalue weighted by molar-refractivity contribution is 7.21. The van der Waals surface area contributed by atoms with Crippen molar-refractivity contribution in [3.8, 4) is 16.9 Å². The van der Waals surface area contributed by atoms with Crippen LogP contribution in [0.15, 0.2) is 89.3 Å². The monoisotopic (exact) mass is 605 g/mol. The number of aromatic nitrogens is 1. The van der Waals surface area contributed by atoms with Crippen molar-refractivity contribution in [3.05, 3.63) is 113 Å². The van der Waals surface area contributed by atoms with Gasteiger partial charge in [0.15, 0.2) is 5.76 Å². The van der Waals surface area contributed by atoms with Gasteiger partial charge in [-0.1, -0.05) is 42.5 Å². The fourth-order valence-corrected chi connectivity index (χ4v) is 5.56. The van der Waals surface area contributed by atoms with Crippen molar-refractivity contribution in [2.45, 2.75) is 12.8 Å². The number of anilines is 1. The van der Waals surface area contributed by atoms with E-state index in [2.05, 4.69) is 10.3 Å². The predicted octanol–water partition coefficient (Wildman–Crippen LogP) is 7.80. The molecule has 0 bridgehead atoms. The highest BCUT2D eigenvalue weighted by atomic mass is 32.1. The minimum Gasteiger partial charge on any atom is -0.486 e. The number of furan rings is 1. The summed E-state index contributed by atoms with van der Waals surface area (Å²) in [7, 11) is 0. The van der Waals surface area contributed by atoms with Crippen LogP contribution in [0.5, 0.6) is 5.75 Å². The molecule has 43 heavy (non-hydrogen) atoms. The molecule has 0 saturated carbocycles. The predicted molar refractivity (Wildman–Crippen MR) is 153 cm³/mol. The Morgan fingerprint density at radius 3 is 2.42 bits per heavy atom. The zero-order valence-electron chi connectivity index (χ0n) is 21.9. The van der Waals surface area contributed by atoms with Gasteiger partial charge in [-0.15, -0.1) is 11.3 Å². The molecule has 0 fully saturated rings. The number of alkyl halides is 3. The average Bonchev–Trinajstić information content (AvgIpc) is 3.61. The van der Waals surface area contributed by atoms with Gasteiger partial charge in [0.1, 0.15) is 39.3 Å². The van der Waals surface area contributed by atoms with E-state index in [9.17, 15) is 27.2 Å². The Labute approximate surface area is 244 Å². The number of benzene rings is 3. The van der Waals surface area contributed by atoms with Crippen LogP contribution in [-0.4, -0.2) is 16.8 Å². The third-order valence-corrected chi connectivity index (χ3v) is 7.66. The Morgan fingerprint density at radius 1 is 0.953 bits per heavy atom. The number of fused-ring (bicyclic) bond motifs is 2. The third-order valence-electron chi connectivity index (χ3n) is 6.56. The lowest BCUT2D eigenvalue weighted by molar-refractivity contribution is -0.140. The van der Waals surface area contributed by atoms with Gasteiger partial charge in [-0.2, -0.15) is 13.2 Å². The van der Waals surface area contributed by atoms with Crippen molar-refractivity contribution in [2.75, 3.05) is 5.32 Å². The Balaban J connectivity index is 1.32. The first-order chi connectivity index (χ1) is 20.6. The summed E-state index contributed by atoms with van der Waals surface area (Å²) in [5.74, 6) is -1.59.